The molecule has 6 heteroatoms. The first-order valence-corrected chi connectivity index (χ1v) is 9.06. The average molecular weight is 345 g/mol. The number of nitrogens with zero attached hydrogens (tertiary/aromatic N) is 1. The topological polar surface area (TPSA) is 76.1 Å². The Morgan fingerprint density at radius 2 is 1.88 bits per heavy atom. The number of amides is 1. The molecule has 4 rings (SSSR count). The summed E-state index contributed by atoms with van der Waals surface area (Å²) in [6.45, 7) is 1.03. The molecule has 1 saturated heterocycles. The van der Waals surface area contributed by atoms with Gasteiger partial charge in [-0.25, -0.2) is 4.79 Å². The average Bonchev–Trinajstić information content (AvgIpc) is 3.01. The van der Waals surface area contributed by atoms with E-state index in [1.54, 1.807) is 4.90 Å². The highest BCUT2D eigenvalue weighted by Gasteiger charge is 2.47. The second kappa shape index (κ2) is 6.58. The van der Waals surface area contributed by atoms with Crippen LogP contribution in [0, 0.1) is 5.92 Å². The minimum absolute atomic E-state index is 0.0829. The Balaban J connectivity index is 1.53. The Morgan fingerprint density at radius 1 is 1.12 bits per heavy atom. The van der Waals surface area contributed by atoms with Crippen molar-refractivity contribution in [3.63, 3.8) is 0 Å². The molecule has 6 nitrogen and oxygen atoms in total. The van der Waals surface area contributed by atoms with E-state index in [9.17, 15) is 14.7 Å². The SMILES string of the molecule is O=C(O)[C@@H]1C[C@H]2CCCC[C@H]2N1C(=O)Cc1ccc2c(c1)OCCO2. The zero-order valence-corrected chi connectivity index (χ0v) is 14.1. The largest absolute Gasteiger partial charge is 0.486 e. The van der Waals surface area contributed by atoms with Crippen LogP contribution in [0.5, 0.6) is 11.5 Å². The zero-order valence-electron chi connectivity index (χ0n) is 14.1. The maximum absolute atomic E-state index is 12.9. The number of likely N-dealkylation sites (tertiary alicyclic amines) is 1. The normalized spacial score (nSPS) is 27.7. The van der Waals surface area contributed by atoms with Gasteiger partial charge in [-0.1, -0.05) is 18.9 Å². The summed E-state index contributed by atoms with van der Waals surface area (Å²) >= 11 is 0. The van der Waals surface area contributed by atoms with E-state index >= 15 is 0 Å². The monoisotopic (exact) mass is 345 g/mol. The first kappa shape index (κ1) is 16.2. The number of carboxylic acid groups (broad SMARTS) is 1. The standard InChI is InChI=1S/C19H23NO5/c21-18(10-12-5-6-16-17(9-12)25-8-7-24-16)20-14-4-2-1-3-13(14)11-15(20)19(22)23/h5-6,9,13-15H,1-4,7-8,10-11H2,(H,22,23)/t13-,14-,15+/m1/s1. The Kier molecular flexibility index (Phi) is 4.27. The highest BCUT2D eigenvalue weighted by atomic mass is 16.6. The van der Waals surface area contributed by atoms with Crippen molar-refractivity contribution in [3.05, 3.63) is 23.8 Å². The van der Waals surface area contributed by atoms with Crippen molar-refractivity contribution in [2.24, 2.45) is 5.92 Å². The van der Waals surface area contributed by atoms with Crippen molar-refractivity contribution in [2.75, 3.05) is 13.2 Å². The smallest absolute Gasteiger partial charge is 0.326 e. The number of fused-ring (bicyclic) bond motifs is 2. The molecule has 25 heavy (non-hydrogen) atoms. The van der Waals surface area contributed by atoms with E-state index in [1.165, 1.54) is 0 Å². The van der Waals surface area contributed by atoms with Crippen LogP contribution in [0.2, 0.25) is 0 Å². The molecule has 0 spiro atoms. The van der Waals surface area contributed by atoms with Crippen molar-refractivity contribution in [1.29, 1.82) is 0 Å². The zero-order chi connectivity index (χ0) is 17.4. The Labute approximate surface area is 146 Å². The second-order valence-corrected chi connectivity index (χ2v) is 7.16. The molecule has 1 N–H and O–H groups in total. The Hall–Kier alpha value is -2.24. The van der Waals surface area contributed by atoms with E-state index in [1.807, 2.05) is 18.2 Å². The fraction of sp³-hybridized carbons (Fsp3) is 0.579. The quantitative estimate of drug-likeness (QED) is 0.909. The number of ether oxygens (including phenoxy) is 2. The maximum Gasteiger partial charge on any atom is 0.326 e. The number of carbonyl (C=O) groups is 2. The molecule has 1 saturated carbocycles. The van der Waals surface area contributed by atoms with Crippen LogP contribution in [0.1, 0.15) is 37.7 Å². The van der Waals surface area contributed by atoms with Gasteiger partial charge < -0.3 is 19.5 Å². The molecule has 0 radical (unpaired) electrons. The van der Waals surface area contributed by atoms with Crippen molar-refractivity contribution < 1.29 is 24.2 Å². The van der Waals surface area contributed by atoms with Gasteiger partial charge in [0.2, 0.25) is 5.91 Å². The lowest BCUT2D eigenvalue weighted by Crippen LogP contribution is -2.46. The lowest BCUT2D eigenvalue weighted by Gasteiger charge is -2.33. The van der Waals surface area contributed by atoms with Crippen LogP contribution in [0.25, 0.3) is 0 Å². The van der Waals surface area contributed by atoms with Crippen molar-refractivity contribution >= 4 is 11.9 Å². The van der Waals surface area contributed by atoms with E-state index in [0.29, 0.717) is 37.1 Å². The van der Waals surface area contributed by atoms with E-state index < -0.39 is 12.0 Å². The van der Waals surface area contributed by atoms with Crippen LogP contribution >= 0.6 is 0 Å². The summed E-state index contributed by atoms with van der Waals surface area (Å²) < 4.78 is 11.1. The van der Waals surface area contributed by atoms with Crippen LogP contribution in [0.4, 0.5) is 0 Å². The summed E-state index contributed by atoms with van der Waals surface area (Å²) in [5.41, 5.74) is 0.831. The van der Waals surface area contributed by atoms with Crippen molar-refractivity contribution in [1.82, 2.24) is 4.90 Å². The molecule has 1 aliphatic carbocycles. The molecule has 2 fully saturated rings. The third kappa shape index (κ3) is 3.05. The lowest BCUT2D eigenvalue weighted by atomic mass is 9.84. The van der Waals surface area contributed by atoms with Crippen molar-refractivity contribution in [2.45, 2.75) is 50.6 Å². The summed E-state index contributed by atoms with van der Waals surface area (Å²) in [5, 5.41) is 9.57. The number of benzene rings is 1. The fourth-order valence-corrected chi connectivity index (χ4v) is 4.50. The van der Waals surface area contributed by atoms with Crippen molar-refractivity contribution in [3.8, 4) is 11.5 Å². The molecule has 2 heterocycles. The van der Waals surface area contributed by atoms with E-state index in [0.717, 1.165) is 31.2 Å². The fourth-order valence-electron chi connectivity index (χ4n) is 4.50. The minimum Gasteiger partial charge on any atom is -0.486 e. The summed E-state index contributed by atoms with van der Waals surface area (Å²) in [6.07, 6.45) is 4.94. The first-order valence-electron chi connectivity index (χ1n) is 9.06. The van der Waals surface area contributed by atoms with Gasteiger partial charge in [0.05, 0.1) is 6.42 Å². The number of aliphatic carboxylic acids is 1. The third-order valence-corrected chi connectivity index (χ3v) is 5.62. The van der Waals surface area contributed by atoms with Gasteiger partial charge in [-0.05, 0) is 42.9 Å². The highest BCUT2D eigenvalue weighted by molar-refractivity contribution is 5.86. The van der Waals surface area contributed by atoms with Gasteiger partial charge in [0.25, 0.3) is 0 Å². The molecule has 0 unspecified atom stereocenters. The van der Waals surface area contributed by atoms with Gasteiger partial charge in [-0.2, -0.15) is 0 Å². The van der Waals surface area contributed by atoms with Crippen LogP contribution < -0.4 is 9.47 Å². The molecule has 3 aliphatic rings. The molecule has 0 aromatic heterocycles. The van der Waals surface area contributed by atoms with Crippen LogP contribution in [0.3, 0.4) is 0 Å². The van der Waals surface area contributed by atoms with Gasteiger partial charge in [0.1, 0.15) is 19.3 Å². The van der Waals surface area contributed by atoms with Crippen LogP contribution in [-0.4, -0.2) is 47.2 Å². The van der Waals surface area contributed by atoms with Gasteiger partial charge >= 0.3 is 5.97 Å². The number of hydrogen-bond donors (Lipinski definition) is 1. The van der Waals surface area contributed by atoms with Crippen LogP contribution in [0.15, 0.2) is 18.2 Å². The predicted molar refractivity (Wildman–Crippen MR) is 89.8 cm³/mol. The van der Waals surface area contributed by atoms with E-state index in [4.69, 9.17) is 9.47 Å². The second-order valence-electron chi connectivity index (χ2n) is 7.16. The number of carboxylic acids is 1. The predicted octanol–water partition coefficient (Wildman–Crippen LogP) is 2.24. The molecule has 134 valence electrons. The third-order valence-electron chi connectivity index (χ3n) is 5.62. The summed E-state index contributed by atoms with van der Waals surface area (Å²) in [6, 6.07) is 4.91. The molecule has 1 aromatic rings. The number of hydrogen-bond acceptors (Lipinski definition) is 4. The summed E-state index contributed by atoms with van der Waals surface area (Å²) in [4.78, 5) is 26.3. The van der Waals surface area contributed by atoms with Crippen LogP contribution in [-0.2, 0) is 16.0 Å². The first-order chi connectivity index (χ1) is 12.1. The molecule has 3 atom stereocenters. The molecule has 1 aromatic carbocycles. The Bertz CT molecular complexity index is 688. The maximum atomic E-state index is 12.9. The molecular weight excluding hydrogens is 322 g/mol. The summed E-state index contributed by atoms with van der Waals surface area (Å²) in [7, 11) is 0. The van der Waals surface area contributed by atoms with Gasteiger partial charge in [0.15, 0.2) is 11.5 Å². The molecular formula is C19H23NO5. The lowest BCUT2D eigenvalue weighted by molar-refractivity contribution is -0.149. The highest BCUT2D eigenvalue weighted by Crippen LogP contribution is 2.40. The van der Waals surface area contributed by atoms with Gasteiger partial charge in [0, 0.05) is 6.04 Å². The van der Waals surface area contributed by atoms with E-state index in [-0.39, 0.29) is 18.4 Å². The van der Waals surface area contributed by atoms with E-state index in [2.05, 4.69) is 0 Å². The molecule has 1 amide bonds. The number of rotatable bonds is 3. The molecule has 2 aliphatic heterocycles. The molecule has 0 bridgehead atoms. The number of carbonyl (C=O) groups excluding carboxylic acids is 1. The Morgan fingerprint density at radius 3 is 2.68 bits per heavy atom. The minimum atomic E-state index is -0.884. The van der Waals surface area contributed by atoms with Gasteiger partial charge in [-0.15, -0.1) is 0 Å². The summed E-state index contributed by atoms with van der Waals surface area (Å²) in [5.74, 6) is 0.699. The van der Waals surface area contributed by atoms with Gasteiger partial charge in [-0.3, -0.25) is 4.79 Å².